The van der Waals surface area contributed by atoms with Gasteiger partial charge in [0.1, 0.15) is 6.54 Å². The molecule has 1 aromatic carbocycles. The van der Waals surface area contributed by atoms with Crippen LogP contribution in [0.2, 0.25) is 0 Å². The van der Waals surface area contributed by atoms with Gasteiger partial charge in [-0.3, -0.25) is 9.59 Å². The average molecular weight is 377 g/mol. The largest absolute Gasteiger partial charge is 0.376 e. The molecule has 0 radical (unpaired) electrons. The van der Waals surface area contributed by atoms with Gasteiger partial charge in [-0.1, -0.05) is 18.2 Å². The number of amides is 1. The molecule has 1 N–H and O–H groups in total. The van der Waals surface area contributed by atoms with Gasteiger partial charge >= 0.3 is 0 Å². The molecule has 1 aliphatic heterocycles. The smallest absolute Gasteiger partial charge is 0.267 e. The molecule has 1 aliphatic rings. The number of rotatable bonds is 6. The third-order valence-corrected chi connectivity index (χ3v) is 5.68. The Hall–Kier alpha value is -2.52. The maximum atomic E-state index is 12.6. The zero-order valence-electron chi connectivity index (χ0n) is 14.0. The van der Waals surface area contributed by atoms with Crippen LogP contribution in [0.1, 0.15) is 12.8 Å². The van der Waals surface area contributed by atoms with Crippen molar-refractivity contribution in [2.75, 3.05) is 13.2 Å². The molecular formula is C17H19N3O5S. The van der Waals surface area contributed by atoms with Crippen molar-refractivity contribution in [2.24, 2.45) is 0 Å². The second kappa shape index (κ2) is 7.79. The van der Waals surface area contributed by atoms with E-state index in [1.165, 1.54) is 12.1 Å². The molecule has 8 nitrogen and oxygen atoms in total. The van der Waals surface area contributed by atoms with Crippen molar-refractivity contribution in [2.45, 2.75) is 35.4 Å². The Morgan fingerprint density at radius 1 is 1.23 bits per heavy atom. The second-order valence-corrected chi connectivity index (χ2v) is 7.82. The number of benzene rings is 1. The monoisotopic (exact) mass is 377 g/mol. The number of sulfone groups is 1. The molecule has 0 bridgehead atoms. The van der Waals surface area contributed by atoms with Crippen LogP contribution in [-0.4, -0.2) is 43.4 Å². The highest BCUT2D eigenvalue weighted by Crippen LogP contribution is 2.17. The van der Waals surface area contributed by atoms with Crippen molar-refractivity contribution in [3.05, 3.63) is 52.8 Å². The van der Waals surface area contributed by atoms with E-state index in [4.69, 9.17) is 4.74 Å². The fourth-order valence-electron chi connectivity index (χ4n) is 2.63. The lowest BCUT2D eigenvalue weighted by atomic mass is 10.2. The van der Waals surface area contributed by atoms with E-state index in [1.54, 1.807) is 18.2 Å². The predicted molar refractivity (Wildman–Crippen MR) is 92.4 cm³/mol. The van der Waals surface area contributed by atoms with Crippen LogP contribution in [0.3, 0.4) is 0 Å². The molecule has 0 saturated carbocycles. The number of hydrogen-bond donors (Lipinski definition) is 1. The van der Waals surface area contributed by atoms with Gasteiger partial charge < -0.3 is 10.1 Å². The van der Waals surface area contributed by atoms with Crippen molar-refractivity contribution in [1.29, 1.82) is 0 Å². The van der Waals surface area contributed by atoms with Gasteiger partial charge in [0.2, 0.25) is 15.7 Å². The van der Waals surface area contributed by atoms with Gasteiger partial charge in [-0.05, 0) is 31.0 Å². The lowest BCUT2D eigenvalue weighted by Gasteiger charge is -2.11. The van der Waals surface area contributed by atoms with Gasteiger partial charge in [-0.25, -0.2) is 13.1 Å². The maximum absolute atomic E-state index is 12.6. The maximum Gasteiger partial charge on any atom is 0.267 e. The summed E-state index contributed by atoms with van der Waals surface area (Å²) in [6, 6.07) is 10.0. The number of aromatic nitrogens is 2. The Kier molecular flexibility index (Phi) is 5.48. The van der Waals surface area contributed by atoms with Crippen LogP contribution in [0.15, 0.2) is 57.2 Å². The molecule has 1 aromatic heterocycles. The number of carbonyl (C=O) groups is 1. The molecule has 2 aromatic rings. The van der Waals surface area contributed by atoms with Crippen LogP contribution in [0.25, 0.3) is 0 Å². The first-order valence-corrected chi connectivity index (χ1v) is 9.72. The van der Waals surface area contributed by atoms with E-state index in [2.05, 4.69) is 10.4 Å². The molecule has 138 valence electrons. The van der Waals surface area contributed by atoms with E-state index in [1.807, 2.05) is 0 Å². The van der Waals surface area contributed by atoms with Crippen LogP contribution in [0.4, 0.5) is 0 Å². The SMILES string of the molecule is O=C(Cn1nc(S(=O)(=O)c2ccccc2)ccc1=O)NC[C@@H]1CCCO1. The van der Waals surface area contributed by atoms with E-state index in [0.29, 0.717) is 13.2 Å². The van der Waals surface area contributed by atoms with Crippen LogP contribution in [0.5, 0.6) is 0 Å². The Morgan fingerprint density at radius 3 is 2.69 bits per heavy atom. The number of hydrogen-bond acceptors (Lipinski definition) is 6. The van der Waals surface area contributed by atoms with Gasteiger partial charge in [0.05, 0.1) is 11.0 Å². The zero-order chi connectivity index (χ0) is 18.6. The summed E-state index contributed by atoms with van der Waals surface area (Å²) in [7, 11) is -3.86. The summed E-state index contributed by atoms with van der Waals surface area (Å²) >= 11 is 0. The molecule has 0 spiro atoms. The highest BCUT2D eigenvalue weighted by atomic mass is 32.2. The first-order valence-electron chi connectivity index (χ1n) is 8.23. The third-order valence-electron chi connectivity index (χ3n) is 4.02. The number of carbonyl (C=O) groups excluding carboxylic acids is 1. The summed E-state index contributed by atoms with van der Waals surface area (Å²) in [5, 5.41) is 6.26. The minimum Gasteiger partial charge on any atom is -0.376 e. The fourth-order valence-corrected chi connectivity index (χ4v) is 3.84. The summed E-state index contributed by atoms with van der Waals surface area (Å²) in [4.78, 5) is 24.0. The quantitative estimate of drug-likeness (QED) is 0.779. The molecule has 1 amide bonds. The molecule has 0 aliphatic carbocycles. The van der Waals surface area contributed by atoms with Crippen LogP contribution >= 0.6 is 0 Å². The molecule has 1 saturated heterocycles. The van der Waals surface area contributed by atoms with Crippen molar-refractivity contribution >= 4 is 15.7 Å². The number of ether oxygens (including phenoxy) is 1. The summed E-state index contributed by atoms with van der Waals surface area (Å²) in [6.07, 6.45) is 1.82. The van der Waals surface area contributed by atoms with Crippen molar-refractivity contribution in [3.8, 4) is 0 Å². The lowest BCUT2D eigenvalue weighted by Crippen LogP contribution is -2.37. The van der Waals surface area contributed by atoms with E-state index in [9.17, 15) is 18.0 Å². The van der Waals surface area contributed by atoms with Gasteiger partial charge in [0, 0.05) is 19.2 Å². The standard InChI is InChI=1S/C17H19N3O5S/c21-15(18-11-13-5-4-10-25-13)12-20-17(22)9-8-16(19-20)26(23,24)14-6-2-1-3-7-14/h1-3,6-9,13H,4-5,10-12H2,(H,18,21)/t13-/m0/s1. The van der Waals surface area contributed by atoms with Crippen LogP contribution in [-0.2, 0) is 25.9 Å². The topological polar surface area (TPSA) is 107 Å². The van der Waals surface area contributed by atoms with Crippen LogP contribution < -0.4 is 10.9 Å². The lowest BCUT2D eigenvalue weighted by molar-refractivity contribution is -0.122. The normalized spacial score (nSPS) is 17.2. The molecule has 1 atom stereocenters. The third kappa shape index (κ3) is 4.17. The zero-order valence-corrected chi connectivity index (χ0v) is 14.8. The molecule has 3 rings (SSSR count). The predicted octanol–water partition coefficient (Wildman–Crippen LogP) is 0.371. The van der Waals surface area contributed by atoms with Gasteiger partial charge in [0.15, 0.2) is 5.03 Å². The number of nitrogens with one attached hydrogen (secondary N) is 1. The minimum absolute atomic E-state index is 0.0200. The fraction of sp³-hybridized carbons (Fsp3) is 0.353. The van der Waals surface area contributed by atoms with Gasteiger partial charge in [-0.2, -0.15) is 5.10 Å². The Balaban J connectivity index is 1.75. The van der Waals surface area contributed by atoms with Crippen LogP contribution in [0, 0.1) is 0 Å². The molecule has 26 heavy (non-hydrogen) atoms. The summed E-state index contributed by atoms with van der Waals surface area (Å²) in [5.74, 6) is -0.427. The van der Waals surface area contributed by atoms with E-state index in [0.717, 1.165) is 29.7 Å². The summed E-state index contributed by atoms with van der Waals surface area (Å²) in [5.41, 5.74) is -0.552. The van der Waals surface area contributed by atoms with E-state index in [-0.39, 0.29) is 22.6 Å². The van der Waals surface area contributed by atoms with Crippen molar-refractivity contribution in [1.82, 2.24) is 15.1 Å². The van der Waals surface area contributed by atoms with E-state index < -0.39 is 21.3 Å². The second-order valence-electron chi connectivity index (χ2n) is 5.92. The Bertz CT molecular complexity index is 934. The van der Waals surface area contributed by atoms with Gasteiger partial charge in [0.25, 0.3) is 5.56 Å². The average Bonchev–Trinajstić information content (AvgIpc) is 3.16. The Morgan fingerprint density at radius 2 is 2.00 bits per heavy atom. The van der Waals surface area contributed by atoms with Crippen molar-refractivity contribution < 1.29 is 17.9 Å². The number of nitrogens with zero attached hydrogens (tertiary/aromatic N) is 2. The first kappa shape index (κ1) is 18.3. The Labute approximate surface area is 150 Å². The summed E-state index contributed by atoms with van der Waals surface area (Å²) < 4.78 is 31.4. The molecule has 1 fully saturated rings. The molecule has 9 heteroatoms. The molecular weight excluding hydrogens is 358 g/mol. The minimum atomic E-state index is -3.86. The highest BCUT2D eigenvalue weighted by molar-refractivity contribution is 7.91. The highest BCUT2D eigenvalue weighted by Gasteiger charge is 2.21. The van der Waals surface area contributed by atoms with E-state index >= 15 is 0 Å². The summed E-state index contributed by atoms with van der Waals surface area (Å²) in [6.45, 7) is 0.681. The molecule has 2 heterocycles. The first-order chi connectivity index (χ1) is 12.5. The molecule has 0 unspecified atom stereocenters. The van der Waals surface area contributed by atoms with Crippen molar-refractivity contribution in [3.63, 3.8) is 0 Å². The van der Waals surface area contributed by atoms with Gasteiger partial charge in [-0.15, -0.1) is 0 Å².